The minimum absolute atomic E-state index is 0.0256. The molecule has 112 valence electrons. The van der Waals surface area contributed by atoms with Crippen molar-refractivity contribution < 1.29 is 8.42 Å². The molecule has 2 nitrogen and oxygen atoms in total. The summed E-state index contributed by atoms with van der Waals surface area (Å²) in [5.41, 5.74) is 0.0256. The standard InChI is InChI=1S/C15H27BrO2S/c1-13-6-5-7-14(10-13)19(17,18)12-15(11-16)8-3-2-4-9-15/h13-14H,2-12H2,1H3. The Labute approximate surface area is 126 Å². The summed E-state index contributed by atoms with van der Waals surface area (Å²) >= 11 is 3.59. The van der Waals surface area contributed by atoms with E-state index in [1.165, 1.54) is 25.7 Å². The third-order valence-corrected chi connectivity index (χ3v) is 8.75. The van der Waals surface area contributed by atoms with Crippen LogP contribution in [0.1, 0.15) is 64.7 Å². The van der Waals surface area contributed by atoms with Crippen molar-refractivity contribution >= 4 is 25.8 Å². The molecule has 4 heteroatoms. The number of halogens is 1. The van der Waals surface area contributed by atoms with Crippen LogP contribution in [0.25, 0.3) is 0 Å². The van der Waals surface area contributed by atoms with Gasteiger partial charge in [0.25, 0.3) is 0 Å². The van der Waals surface area contributed by atoms with Crippen molar-refractivity contribution in [1.29, 1.82) is 0 Å². The van der Waals surface area contributed by atoms with Crippen LogP contribution in [0.15, 0.2) is 0 Å². The molecule has 19 heavy (non-hydrogen) atoms. The molecule has 0 amide bonds. The summed E-state index contributed by atoms with van der Waals surface area (Å²) in [5.74, 6) is 1.00. The lowest BCUT2D eigenvalue weighted by molar-refractivity contribution is 0.254. The Morgan fingerprint density at radius 3 is 2.37 bits per heavy atom. The fourth-order valence-corrected chi connectivity index (χ4v) is 7.52. The zero-order valence-electron chi connectivity index (χ0n) is 12.0. The first-order valence-corrected chi connectivity index (χ1v) is 10.6. The fraction of sp³-hybridized carbons (Fsp3) is 1.00. The molecule has 2 saturated carbocycles. The number of rotatable bonds is 4. The molecule has 2 rings (SSSR count). The lowest BCUT2D eigenvalue weighted by atomic mass is 9.77. The number of alkyl halides is 1. The topological polar surface area (TPSA) is 34.1 Å². The van der Waals surface area contributed by atoms with E-state index in [2.05, 4.69) is 22.9 Å². The van der Waals surface area contributed by atoms with Crippen LogP contribution in [0.4, 0.5) is 0 Å². The molecule has 0 heterocycles. The minimum atomic E-state index is -2.92. The maximum atomic E-state index is 12.7. The summed E-state index contributed by atoms with van der Waals surface area (Å²) in [5, 5.41) is 0.788. The zero-order chi connectivity index (χ0) is 13.9. The van der Waals surface area contributed by atoms with Crippen LogP contribution in [0.3, 0.4) is 0 Å². The smallest absolute Gasteiger partial charge is 0.153 e. The van der Waals surface area contributed by atoms with Crippen LogP contribution < -0.4 is 0 Å². The van der Waals surface area contributed by atoms with E-state index in [9.17, 15) is 8.42 Å². The molecule has 0 spiro atoms. The zero-order valence-corrected chi connectivity index (χ0v) is 14.4. The molecule has 0 saturated heterocycles. The van der Waals surface area contributed by atoms with E-state index in [0.29, 0.717) is 11.7 Å². The van der Waals surface area contributed by atoms with Gasteiger partial charge in [0.1, 0.15) is 0 Å². The highest BCUT2D eigenvalue weighted by molar-refractivity contribution is 9.09. The Balaban J connectivity index is 2.06. The second-order valence-electron chi connectivity index (χ2n) is 6.90. The third-order valence-electron chi connectivity index (χ3n) is 5.10. The monoisotopic (exact) mass is 350 g/mol. The Morgan fingerprint density at radius 2 is 1.79 bits per heavy atom. The number of hydrogen-bond acceptors (Lipinski definition) is 2. The summed E-state index contributed by atoms with van der Waals surface area (Å²) < 4.78 is 25.5. The summed E-state index contributed by atoms with van der Waals surface area (Å²) in [6.45, 7) is 2.20. The number of hydrogen-bond donors (Lipinski definition) is 0. The Hall–Kier alpha value is 0.430. The van der Waals surface area contributed by atoms with Crippen LogP contribution in [-0.4, -0.2) is 24.8 Å². The van der Waals surface area contributed by atoms with Gasteiger partial charge in [0, 0.05) is 5.33 Å². The van der Waals surface area contributed by atoms with Crippen molar-refractivity contribution in [3.63, 3.8) is 0 Å². The molecule has 2 unspecified atom stereocenters. The highest BCUT2D eigenvalue weighted by Gasteiger charge is 2.39. The summed E-state index contributed by atoms with van der Waals surface area (Å²) in [6.07, 6.45) is 9.91. The first kappa shape index (κ1) is 15.8. The van der Waals surface area contributed by atoms with Crippen molar-refractivity contribution in [3.8, 4) is 0 Å². The lowest BCUT2D eigenvalue weighted by Gasteiger charge is -2.37. The van der Waals surface area contributed by atoms with Crippen LogP contribution >= 0.6 is 15.9 Å². The van der Waals surface area contributed by atoms with Crippen LogP contribution in [0, 0.1) is 11.3 Å². The molecule has 0 N–H and O–H groups in total. The molecule has 0 aromatic carbocycles. The van der Waals surface area contributed by atoms with Gasteiger partial charge >= 0.3 is 0 Å². The average molecular weight is 351 g/mol. The second-order valence-corrected chi connectivity index (χ2v) is 9.74. The van der Waals surface area contributed by atoms with Gasteiger partial charge in [-0.15, -0.1) is 0 Å². The second kappa shape index (κ2) is 6.46. The van der Waals surface area contributed by atoms with Gasteiger partial charge < -0.3 is 0 Å². The molecule has 2 atom stereocenters. The van der Waals surface area contributed by atoms with Crippen LogP contribution in [0.5, 0.6) is 0 Å². The van der Waals surface area contributed by atoms with Crippen molar-refractivity contribution in [2.75, 3.05) is 11.1 Å². The normalized spacial score (nSPS) is 32.1. The van der Waals surface area contributed by atoms with Crippen molar-refractivity contribution in [3.05, 3.63) is 0 Å². The van der Waals surface area contributed by atoms with Crippen molar-refractivity contribution in [1.82, 2.24) is 0 Å². The van der Waals surface area contributed by atoms with E-state index in [4.69, 9.17) is 0 Å². The minimum Gasteiger partial charge on any atom is -0.229 e. The molecule has 0 radical (unpaired) electrons. The summed E-state index contributed by atoms with van der Waals surface area (Å²) in [6, 6.07) is 0. The Morgan fingerprint density at radius 1 is 1.11 bits per heavy atom. The molecule has 2 aliphatic rings. The first-order valence-electron chi connectivity index (χ1n) is 7.75. The van der Waals surface area contributed by atoms with Gasteiger partial charge in [-0.05, 0) is 37.0 Å². The molecular formula is C15H27BrO2S. The predicted octanol–water partition coefficient (Wildman–Crippen LogP) is 4.33. The van der Waals surface area contributed by atoms with Gasteiger partial charge in [-0.25, -0.2) is 8.42 Å². The molecule has 0 aliphatic heterocycles. The predicted molar refractivity (Wildman–Crippen MR) is 84.5 cm³/mol. The van der Waals surface area contributed by atoms with Crippen LogP contribution in [-0.2, 0) is 9.84 Å². The van der Waals surface area contributed by atoms with E-state index in [-0.39, 0.29) is 10.7 Å². The van der Waals surface area contributed by atoms with Gasteiger partial charge in [-0.3, -0.25) is 0 Å². The van der Waals surface area contributed by atoms with Crippen molar-refractivity contribution in [2.24, 2.45) is 11.3 Å². The third kappa shape index (κ3) is 3.96. The Bertz CT molecular complexity index is 385. The number of sulfone groups is 1. The van der Waals surface area contributed by atoms with Gasteiger partial charge in [0.05, 0.1) is 11.0 Å². The summed E-state index contributed by atoms with van der Waals surface area (Å²) in [4.78, 5) is 0. The van der Waals surface area contributed by atoms with E-state index >= 15 is 0 Å². The van der Waals surface area contributed by atoms with Gasteiger partial charge in [0.2, 0.25) is 0 Å². The molecule has 0 aromatic rings. The van der Waals surface area contributed by atoms with Gasteiger partial charge in [-0.2, -0.15) is 0 Å². The maximum Gasteiger partial charge on any atom is 0.153 e. The van der Waals surface area contributed by atoms with E-state index < -0.39 is 9.84 Å². The highest BCUT2D eigenvalue weighted by atomic mass is 79.9. The quantitative estimate of drug-likeness (QED) is 0.707. The fourth-order valence-electron chi connectivity index (χ4n) is 3.87. The Kier molecular flexibility index (Phi) is 5.38. The highest BCUT2D eigenvalue weighted by Crippen LogP contribution is 2.41. The van der Waals surface area contributed by atoms with E-state index in [0.717, 1.165) is 37.4 Å². The van der Waals surface area contributed by atoms with Gasteiger partial charge in [0.15, 0.2) is 9.84 Å². The maximum absolute atomic E-state index is 12.7. The van der Waals surface area contributed by atoms with Crippen molar-refractivity contribution in [2.45, 2.75) is 70.0 Å². The average Bonchev–Trinajstić information content (AvgIpc) is 2.39. The molecule has 0 bridgehead atoms. The van der Waals surface area contributed by atoms with E-state index in [1.807, 2.05) is 0 Å². The SMILES string of the molecule is CC1CCCC(S(=O)(=O)CC2(CBr)CCCCC2)C1. The molecule has 0 aromatic heterocycles. The largest absolute Gasteiger partial charge is 0.229 e. The molecule has 2 aliphatic carbocycles. The lowest BCUT2D eigenvalue weighted by Crippen LogP contribution is -2.39. The van der Waals surface area contributed by atoms with Gasteiger partial charge in [-0.1, -0.05) is 55.0 Å². The molecule has 2 fully saturated rings. The molecular weight excluding hydrogens is 324 g/mol. The van der Waals surface area contributed by atoms with Crippen LogP contribution in [0.2, 0.25) is 0 Å². The first-order chi connectivity index (χ1) is 8.97. The van der Waals surface area contributed by atoms with E-state index in [1.54, 1.807) is 0 Å². The summed E-state index contributed by atoms with van der Waals surface area (Å²) in [7, 11) is -2.92.